The molecule has 2 saturated heterocycles. The zero-order valence-corrected chi connectivity index (χ0v) is 27.8. The predicted molar refractivity (Wildman–Crippen MR) is 167 cm³/mol. The van der Waals surface area contributed by atoms with Gasteiger partial charge in [0, 0.05) is 0 Å². The second kappa shape index (κ2) is 16.4. The summed E-state index contributed by atoms with van der Waals surface area (Å²) in [5, 5.41) is 0. The maximum atomic E-state index is 6.32. The molecule has 0 spiro atoms. The number of rotatable bonds is 16. The molecule has 0 bridgehead atoms. The number of hydrogen-bond donors (Lipinski definition) is 0. The van der Waals surface area contributed by atoms with Crippen molar-refractivity contribution in [2.45, 2.75) is 207 Å². The average Bonchev–Trinajstić information content (AvgIpc) is 3.18. The van der Waals surface area contributed by atoms with Crippen molar-refractivity contribution in [1.29, 1.82) is 0 Å². The van der Waals surface area contributed by atoms with Gasteiger partial charge >= 0.3 is 14.2 Å². The molecule has 2 atom stereocenters. The first-order valence-electron chi connectivity index (χ1n) is 16.3. The highest BCUT2D eigenvalue weighted by Gasteiger charge is 2.54. The molecule has 2 heterocycles. The summed E-state index contributed by atoms with van der Waals surface area (Å²) in [6, 6.07) is 0. The van der Waals surface area contributed by atoms with Crippen LogP contribution in [0, 0.1) is 0 Å². The maximum absolute atomic E-state index is 6.32. The Labute approximate surface area is 239 Å². The van der Waals surface area contributed by atoms with Gasteiger partial charge in [-0.25, -0.2) is 0 Å². The van der Waals surface area contributed by atoms with E-state index >= 15 is 0 Å². The van der Waals surface area contributed by atoms with Crippen molar-refractivity contribution < 1.29 is 18.6 Å². The van der Waals surface area contributed by atoms with Gasteiger partial charge in [0.1, 0.15) is 0 Å². The normalized spacial score (nSPS) is 22.7. The van der Waals surface area contributed by atoms with Crippen LogP contribution in [-0.2, 0) is 18.6 Å². The van der Waals surface area contributed by atoms with E-state index in [9.17, 15) is 0 Å². The van der Waals surface area contributed by atoms with Crippen molar-refractivity contribution in [2.75, 3.05) is 0 Å². The second-order valence-electron chi connectivity index (χ2n) is 14.2. The third kappa shape index (κ3) is 11.1. The maximum Gasteiger partial charge on any atom is 0.461 e. The molecule has 38 heavy (non-hydrogen) atoms. The van der Waals surface area contributed by atoms with E-state index in [0.29, 0.717) is 11.6 Å². The molecule has 2 rings (SSSR count). The summed E-state index contributed by atoms with van der Waals surface area (Å²) in [6.45, 7) is 26.1. The van der Waals surface area contributed by atoms with Crippen LogP contribution in [0.1, 0.15) is 173 Å². The van der Waals surface area contributed by atoms with Crippen LogP contribution < -0.4 is 0 Å². The molecule has 2 unspecified atom stereocenters. The van der Waals surface area contributed by atoms with Crippen molar-refractivity contribution in [3.8, 4) is 0 Å². The first-order valence-corrected chi connectivity index (χ1v) is 16.3. The molecule has 0 saturated carbocycles. The van der Waals surface area contributed by atoms with E-state index in [2.05, 4.69) is 83.1 Å². The van der Waals surface area contributed by atoms with E-state index in [1.165, 1.54) is 70.6 Å². The van der Waals surface area contributed by atoms with Crippen LogP contribution in [0.4, 0.5) is 0 Å². The molecule has 0 aliphatic carbocycles. The van der Waals surface area contributed by atoms with Gasteiger partial charge in [-0.1, -0.05) is 118 Å². The smallest absolute Gasteiger partial charge is 0.403 e. The van der Waals surface area contributed by atoms with E-state index in [4.69, 9.17) is 18.6 Å². The third-order valence-corrected chi connectivity index (χ3v) is 9.49. The lowest BCUT2D eigenvalue weighted by Gasteiger charge is -2.32. The fourth-order valence-electron chi connectivity index (χ4n) is 5.21. The zero-order chi connectivity index (χ0) is 29.0. The van der Waals surface area contributed by atoms with Gasteiger partial charge in [0.05, 0.1) is 22.4 Å². The molecule has 0 radical (unpaired) electrons. The molecule has 0 amide bonds. The summed E-state index contributed by atoms with van der Waals surface area (Å²) in [7, 11) is -0.176. The lowest BCUT2D eigenvalue weighted by molar-refractivity contribution is 0.00578. The standard InChI is InChI=1S/C22H44B2O4.C10H22/c1-11-14-18(24-27-21(7,8)22(9,10)28-24)16-13-12-15-17(2)23-25-19(3,4)20(5,6)26-23;1-3-5-7-9-10-8-6-4-2/h17-18H,11-16H2,1-10H3;3-10H2,1-2H3. The lowest BCUT2D eigenvalue weighted by Crippen LogP contribution is -2.41. The Morgan fingerprint density at radius 1 is 0.447 bits per heavy atom. The largest absolute Gasteiger partial charge is 0.461 e. The van der Waals surface area contributed by atoms with Crippen LogP contribution in [0.3, 0.4) is 0 Å². The predicted octanol–water partition coefficient (Wildman–Crippen LogP) is 10.4. The molecule has 224 valence electrons. The minimum atomic E-state index is -0.241. The van der Waals surface area contributed by atoms with Gasteiger partial charge in [0.25, 0.3) is 0 Å². The Bertz CT molecular complexity index is 595. The van der Waals surface area contributed by atoms with Gasteiger partial charge in [-0.05, 0) is 67.0 Å². The van der Waals surface area contributed by atoms with Gasteiger partial charge in [0.2, 0.25) is 0 Å². The Morgan fingerprint density at radius 3 is 1.21 bits per heavy atom. The average molecular weight is 537 g/mol. The van der Waals surface area contributed by atoms with Crippen molar-refractivity contribution >= 4 is 14.2 Å². The highest BCUT2D eigenvalue weighted by Crippen LogP contribution is 2.43. The summed E-state index contributed by atoms with van der Waals surface area (Å²) in [4.78, 5) is 0. The highest BCUT2D eigenvalue weighted by atomic mass is 16.7. The van der Waals surface area contributed by atoms with Crippen molar-refractivity contribution in [3.63, 3.8) is 0 Å². The minimum absolute atomic E-state index is 0.0783. The molecule has 4 nitrogen and oxygen atoms in total. The first kappa shape index (κ1) is 36.0. The van der Waals surface area contributed by atoms with E-state index in [1.54, 1.807) is 0 Å². The fourth-order valence-corrected chi connectivity index (χ4v) is 5.21. The third-order valence-electron chi connectivity index (χ3n) is 9.49. The molecule has 0 aromatic carbocycles. The van der Waals surface area contributed by atoms with Crippen molar-refractivity contribution in [3.05, 3.63) is 0 Å². The summed E-state index contributed by atoms with van der Waals surface area (Å²) in [5.41, 5.74) is -0.965. The van der Waals surface area contributed by atoms with Crippen LogP contribution in [0.15, 0.2) is 0 Å². The van der Waals surface area contributed by atoms with Crippen LogP contribution in [0.2, 0.25) is 11.6 Å². The van der Waals surface area contributed by atoms with Crippen LogP contribution >= 0.6 is 0 Å². The molecule has 2 fully saturated rings. The van der Waals surface area contributed by atoms with Gasteiger partial charge in [-0.3, -0.25) is 0 Å². The molecule has 0 aromatic rings. The van der Waals surface area contributed by atoms with Crippen LogP contribution in [0.5, 0.6) is 0 Å². The summed E-state index contributed by atoms with van der Waals surface area (Å²) in [6.07, 6.45) is 18.4. The molecule has 0 N–H and O–H groups in total. The van der Waals surface area contributed by atoms with Gasteiger partial charge in [-0.2, -0.15) is 0 Å². The van der Waals surface area contributed by atoms with Gasteiger partial charge < -0.3 is 18.6 Å². The van der Waals surface area contributed by atoms with E-state index < -0.39 is 0 Å². The topological polar surface area (TPSA) is 36.9 Å². The van der Waals surface area contributed by atoms with Crippen molar-refractivity contribution in [1.82, 2.24) is 0 Å². The van der Waals surface area contributed by atoms with E-state index in [-0.39, 0.29) is 36.6 Å². The monoisotopic (exact) mass is 537 g/mol. The summed E-state index contributed by atoms with van der Waals surface area (Å²) in [5.74, 6) is 0.876. The second-order valence-corrected chi connectivity index (χ2v) is 14.2. The Hall–Kier alpha value is -0.0301. The van der Waals surface area contributed by atoms with Crippen LogP contribution in [0.25, 0.3) is 0 Å². The Kier molecular flexibility index (Phi) is 15.6. The molecular formula is C32H66B2O4. The molecule has 0 aromatic heterocycles. The molecule has 6 heteroatoms. The lowest BCUT2D eigenvalue weighted by atomic mass is 9.66. The number of hydrogen-bond acceptors (Lipinski definition) is 4. The summed E-state index contributed by atoms with van der Waals surface area (Å²) < 4.78 is 25.1. The Morgan fingerprint density at radius 2 is 0.816 bits per heavy atom. The molecule has 2 aliphatic heterocycles. The molecule has 2 aliphatic rings. The fraction of sp³-hybridized carbons (Fsp3) is 1.00. The summed E-state index contributed by atoms with van der Waals surface area (Å²) >= 11 is 0. The van der Waals surface area contributed by atoms with Crippen molar-refractivity contribution in [2.24, 2.45) is 0 Å². The molecular weight excluding hydrogens is 470 g/mol. The zero-order valence-electron chi connectivity index (χ0n) is 27.8. The quantitative estimate of drug-likeness (QED) is 0.145. The number of unbranched alkanes of at least 4 members (excludes halogenated alkanes) is 8. The van der Waals surface area contributed by atoms with Gasteiger partial charge in [0.15, 0.2) is 0 Å². The SMILES string of the molecule is CCCC(CCCCC(C)B1OC(C)(C)C(C)(C)O1)B1OC(C)(C)C(C)(C)O1.CCCCCCCCCC. The minimum Gasteiger partial charge on any atom is -0.403 e. The Balaban J connectivity index is 0.000000612. The van der Waals surface area contributed by atoms with Crippen LogP contribution in [-0.4, -0.2) is 36.6 Å². The highest BCUT2D eigenvalue weighted by molar-refractivity contribution is 6.47. The van der Waals surface area contributed by atoms with E-state index in [1.807, 2.05) is 0 Å². The van der Waals surface area contributed by atoms with Gasteiger partial charge in [-0.15, -0.1) is 0 Å². The first-order chi connectivity index (χ1) is 17.6. The van der Waals surface area contributed by atoms with E-state index in [0.717, 1.165) is 19.3 Å².